The minimum absolute atomic E-state index is 0.714. The number of hydrogen-bond acceptors (Lipinski definition) is 3. The van der Waals surface area contributed by atoms with Crippen molar-refractivity contribution in [2.75, 3.05) is 13.1 Å². The smallest absolute Gasteiger partial charge is 0.191 e. The van der Waals surface area contributed by atoms with Gasteiger partial charge in [-0.2, -0.15) is 16.4 Å². The van der Waals surface area contributed by atoms with Crippen LogP contribution in [0.4, 0.5) is 0 Å². The lowest BCUT2D eigenvalue weighted by Gasteiger charge is -2.10. The van der Waals surface area contributed by atoms with E-state index in [4.69, 9.17) is 0 Å². The van der Waals surface area contributed by atoms with Crippen LogP contribution in [0.1, 0.15) is 18.1 Å². The molecule has 0 aliphatic carbocycles. The van der Waals surface area contributed by atoms with E-state index < -0.39 is 0 Å². The van der Waals surface area contributed by atoms with Gasteiger partial charge in [0.05, 0.1) is 12.7 Å². The minimum atomic E-state index is 0.714. The second kappa shape index (κ2) is 7.69. The summed E-state index contributed by atoms with van der Waals surface area (Å²) >= 11 is 1.70. The van der Waals surface area contributed by atoms with Crippen LogP contribution in [-0.4, -0.2) is 28.8 Å². The summed E-state index contributed by atoms with van der Waals surface area (Å²) in [7, 11) is 1.93. The number of aliphatic imine (C=N–C) groups is 1. The van der Waals surface area contributed by atoms with Crippen LogP contribution in [0, 0.1) is 0 Å². The minimum Gasteiger partial charge on any atom is -0.357 e. The third kappa shape index (κ3) is 4.70. The van der Waals surface area contributed by atoms with Crippen LogP contribution in [0.15, 0.2) is 34.2 Å². The van der Waals surface area contributed by atoms with E-state index in [0.29, 0.717) is 6.54 Å². The monoisotopic (exact) mass is 291 g/mol. The average molecular weight is 291 g/mol. The molecule has 108 valence electrons. The van der Waals surface area contributed by atoms with E-state index in [1.54, 1.807) is 11.3 Å². The molecule has 2 aromatic heterocycles. The van der Waals surface area contributed by atoms with Crippen LogP contribution in [0.2, 0.25) is 0 Å². The van der Waals surface area contributed by atoms with Gasteiger partial charge in [-0.25, -0.2) is 4.99 Å². The molecule has 0 spiro atoms. The molecular weight excluding hydrogens is 270 g/mol. The molecule has 0 unspecified atom stereocenters. The Bertz CT molecular complexity index is 530. The lowest BCUT2D eigenvalue weighted by atomic mass is 10.2. The predicted molar refractivity (Wildman–Crippen MR) is 84.0 cm³/mol. The molecule has 2 N–H and O–H groups in total. The van der Waals surface area contributed by atoms with Crippen molar-refractivity contribution in [1.82, 2.24) is 20.4 Å². The van der Waals surface area contributed by atoms with Gasteiger partial charge in [0.25, 0.3) is 0 Å². The number of rotatable bonds is 6. The first-order chi connectivity index (χ1) is 9.78. The second-order valence-corrected chi connectivity index (χ2v) is 5.31. The molecule has 20 heavy (non-hydrogen) atoms. The van der Waals surface area contributed by atoms with Gasteiger partial charge in [-0.1, -0.05) is 0 Å². The number of hydrogen-bond donors (Lipinski definition) is 2. The van der Waals surface area contributed by atoms with Crippen LogP contribution >= 0.6 is 11.3 Å². The molecule has 2 rings (SSSR count). The Morgan fingerprint density at radius 1 is 1.40 bits per heavy atom. The zero-order chi connectivity index (χ0) is 14.2. The molecule has 2 heterocycles. The van der Waals surface area contributed by atoms with Crippen molar-refractivity contribution < 1.29 is 0 Å². The summed E-state index contributed by atoms with van der Waals surface area (Å²) in [5.74, 6) is 0.864. The molecule has 0 radical (unpaired) electrons. The third-order valence-corrected chi connectivity index (χ3v) is 3.54. The van der Waals surface area contributed by atoms with Crippen molar-refractivity contribution >= 4 is 17.3 Å². The molecule has 0 aliphatic rings. The van der Waals surface area contributed by atoms with E-state index in [1.807, 2.05) is 24.1 Å². The van der Waals surface area contributed by atoms with Crippen LogP contribution < -0.4 is 10.6 Å². The van der Waals surface area contributed by atoms with Gasteiger partial charge in [-0.05, 0) is 41.3 Å². The van der Waals surface area contributed by atoms with Crippen molar-refractivity contribution in [3.05, 3.63) is 40.3 Å². The zero-order valence-electron chi connectivity index (χ0n) is 12.0. The van der Waals surface area contributed by atoms with Crippen LogP contribution in [0.5, 0.6) is 0 Å². The number of thiophene rings is 1. The number of nitrogens with one attached hydrogen (secondary N) is 2. The van der Waals surface area contributed by atoms with Gasteiger partial charge in [-0.3, -0.25) is 4.68 Å². The van der Waals surface area contributed by atoms with Gasteiger partial charge in [0, 0.05) is 26.3 Å². The van der Waals surface area contributed by atoms with Crippen LogP contribution in [0.25, 0.3) is 0 Å². The summed E-state index contributed by atoms with van der Waals surface area (Å²) in [6.07, 6.45) is 4.88. The van der Waals surface area contributed by atoms with Crippen molar-refractivity contribution in [3.8, 4) is 0 Å². The first kappa shape index (κ1) is 14.6. The number of aromatic nitrogens is 2. The molecule has 0 amide bonds. The van der Waals surface area contributed by atoms with Gasteiger partial charge in [-0.15, -0.1) is 0 Å². The molecule has 5 nitrogen and oxygen atoms in total. The summed E-state index contributed by atoms with van der Waals surface area (Å²) in [6.45, 7) is 4.50. The third-order valence-electron chi connectivity index (χ3n) is 2.81. The van der Waals surface area contributed by atoms with Crippen LogP contribution in [0.3, 0.4) is 0 Å². The molecular formula is C14H21N5S. The van der Waals surface area contributed by atoms with E-state index in [1.165, 1.54) is 11.1 Å². The SMILES string of the molecule is CCNC(=NCc1ccsc1)NCCc1cnn(C)c1. The maximum absolute atomic E-state index is 4.57. The Labute approximate surface area is 123 Å². The topological polar surface area (TPSA) is 54.2 Å². The first-order valence-electron chi connectivity index (χ1n) is 6.78. The van der Waals surface area contributed by atoms with E-state index in [-0.39, 0.29) is 0 Å². The summed E-state index contributed by atoms with van der Waals surface area (Å²) in [5.41, 5.74) is 2.48. The fraction of sp³-hybridized carbons (Fsp3) is 0.429. The maximum atomic E-state index is 4.57. The molecule has 0 fully saturated rings. The Morgan fingerprint density at radius 3 is 2.95 bits per heavy atom. The number of guanidine groups is 1. The van der Waals surface area contributed by atoms with E-state index in [0.717, 1.165) is 25.5 Å². The Morgan fingerprint density at radius 2 is 2.30 bits per heavy atom. The zero-order valence-corrected chi connectivity index (χ0v) is 12.8. The highest BCUT2D eigenvalue weighted by Crippen LogP contribution is 2.06. The quantitative estimate of drug-likeness (QED) is 0.630. The highest BCUT2D eigenvalue weighted by atomic mass is 32.1. The van der Waals surface area contributed by atoms with Gasteiger partial charge in [0.1, 0.15) is 0 Å². The lowest BCUT2D eigenvalue weighted by Crippen LogP contribution is -2.38. The molecule has 0 bridgehead atoms. The Balaban J connectivity index is 1.80. The molecule has 2 aromatic rings. The Hall–Kier alpha value is -1.82. The second-order valence-electron chi connectivity index (χ2n) is 4.53. The molecule has 0 atom stereocenters. The summed E-state index contributed by atoms with van der Waals surface area (Å²) in [5, 5.41) is 15.0. The van der Waals surface area contributed by atoms with Gasteiger partial charge in [0.2, 0.25) is 0 Å². The maximum Gasteiger partial charge on any atom is 0.191 e. The van der Waals surface area contributed by atoms with Crippen LogP contribution in [-0.2, 0) is 20.0 Å². The fourth-order valence-corrected chi connectivity index (χ4v) is 2.48. The number of aryl methyl sites for hydroxylation is 1. The largest absolute Gasteiger partial charge is 0.357 e. The predicted octanol–water partition coefficient (Wildman–Crippen LogP) is 1.78. The average Bonchev–Trinajstić information content (AvgIpc) is 3.08. The Kier molecular flexibility index (Phi) is 5.61. The molecule has 0 aromatic carbocycles. The van der Waals surface area contributed by atoms with E-state index in [9.17, 15) is 0 Å². The van der Waals surface area contributed by atoms with Crippen molar-refractivity contribution in [3.63, 3.8) is 0 Å². The number of nitrogens with zero attached hydrogens (tertiary/aromatic N) is 3. The van der Waals surface area contributed by atoms with Crippen molar-refractivity contribution in [2.24, 2.45) is 12.0 Å². The highest BCUT2D eigenvalue weighted by molar-refractivity contribution is 7.07. The van der Waals surface area contributed by atoms with E-state index >= 15 is 0 Å². The van der Waals surface area contributed by atoms with Crippen molar-refractivity contribution in [2.45, 2.75) is 19.9 Å². The van der Waals surface area contributed by atoms with Gasteiger partial charge in [0.15, 0.2) is 5.96 Å². The first-order valence-corrected chi connectivity index (χ1v) is 7.73. The molecule has 0 saturated heterocycles. The molecule has 0 saturated carbocycles. The fourth-order valence-electron chi connectivity index (χ4n) is 1.82. The van der Waals surface area contributed by atoms with Crippen molar-refractivity contribution in [1.29, 1.82) is 0 Å². The molecule has 0 aliphatic heterocycles. The normalized spacial score (nSPS) is 11.6. The molecule has 6 heteroatoms. The summed E-state index contributed by atoms with van der Waals surface area (Å²) < 4.78 is 1.82. The lowest BCUT2D eigenvalue weighted by molar-refractivity contribution is 0.765. The van der Waals surface area contributed by atoms with Gasteiger partial charge < -0.3 is 10.6 Å². The standard InChI is InChI=1S/C14H21N5S/c1-3-15-14(17-8-13-5-7-20-11-13)16-6-4-12-9-18-19(2)10-12/h5,7,9-11H,3-4,6,8H2,1-2H3,(H2,15,16,17). The highest BCUT2D eigenvalue weighted by Gasteiger charge is 1.99. The van der Waals surface area contributed by atoms with Gasteiger partial charge >= 0.3 is 0 Å². The van der Waals surface area contributed by atoms with E-state index in [2.05, 4.69) is 44.5 Å². The summed E-state index contributed by atoms with van der Waals surface area (Å²) in [4.78, 5) is 4.57. The summed E-state index contributed by atoms with van der Waals surface area (Å²) in [6, 6.07) is 2.10.